The summed E-state index contributed by atoms with van der Waals surface area (Å²) >= 11 is 1.39. The molecule has 0 bridgehead atoms. The molecule has 0 saturated heterocycles. The molecule has 0 saturated carbocycles. The van der Waals surface area contributed by atoms with Gasteiger partial charge in [0.15, 0.2) is 5.78 Å². The van der Waals surface area contributed by atoms with E-state index in [2.05, 4.69) is 9.97 Å². The maximum absolute atomic E-state index is 12.9. The summed E-state index contributed by atoms with van der Waals surface area (Å²) in [5.41, 5.74) is 1.35. The monoisotopic (exact) mass is 312 g/mol. The van der Waals surface area contributed by atoms with Gasteiger partial charge in [0.1, 0.15) is 17.2 Å². The lowest BCUT2D eigenvalue weighted by Gasteiger charge is -2.11. The lowest BCUT2D eigenvalue weighted by atomic mass is 10.1. The second kappa shape index (κ2) is 6.23. The Morgan fingerprint density at radius 1 is 1.09 bits per heavy atom. The minimum atomic E-state index is -0.348. The van der Waals surface area contributed by atoms with Crippen LogP contribution in [-0.4, -0.2) is 21.0 Å². The third kappa shape index (κ3) is 2.99. The van der Waals surface area contributed by atoms with E-state index in [4.69, 9.17) is 0 Å². The second-order valence-corrected chi connectivity index (χ2v) is 6.16. The number of halogens is 1. The van der Waals surface area contributed by atoms with Gasteiger partial charge in [-0.1, -0.05) is 30.0 Å². The van der Waals surface area contributed by atoms with Crippen LogP contribution in [0.15, 0.2) is 59.9 Å². The van der Waals surface area contributed by atoms with Crippen molar-refractivity contribution >= 4 is 28.4 Å². The van der Waals surface area contributed by atoms with E-state index in [1.807, 2.05) is 31.2 Å². The molecular formula is C17H13FN2OS. The van der Waals surface area contributed by atoms with Gasteiger partial charge in [0.2, 0.25) is 0 Å². The summed E-state index contributed by atoms with van der Waals surface area (Å²) in [5.74, 6) is -0.397. The van der Waals surface area contributed by atoms with Crippen molar-refractivity contribution in [1.82, 2.24) is 9.97 Å². The number of Topliss-reactive ketones (excluding diaryl/α,β-unsaturated/α-hetero) is 1. The topological polar surface area (TPSA) is 42.9 Å². The Balaban J connectivity index is 1.85. The molecule has 0 aliphatic rings. The highest BCUT2D eigenvalue weighted by atomic mass is 32.2. The summed E-state index contributed by atoms with van der Waals surface area (Å²) in [6.07, 6.45) is 1.50. The first-order valence-corrected chi connectivity index (χ1v) is 7.69. The highest BCUT2D eigenvalue weighted by molar-refractivity contribution is 8.00. The van der Waals surface area contributed by atoms with E-state index in [9.17, 15) is 9.18 Å². The molecule has 0 spiro atoms. The molecule has 110 valence electrons. The van der Waals surface area contributed by atoms with Crippen molar-refractivity contribution in [2.24, 2.45) is 0 Å². The number of aromatic nitrogens is 2. The average Bonchev–Trinajstić information content (AvgIpc) is 2.55. The molecule has 0 unspecified atom stereocenters. The number of carbonyl (C=O) groups excluding carboxylic acids is 1. The van der Waals surface area contributed by atoms with Crippen molar-refractivity contribution in [3.63, 3.8) is 0 Å². The van der Waals surface area contributed by atoms with Crippen LogP contribution in [0.3, 0.4) is 0 Å². The fraction of sp³-hybridized carbons (Fsp3) is 0.118. The van der Waals surface area contributed by atoms with Gasteiger partial charge in [0, 0.05) is 10.9 Å². The van der Waals surface area contributed by atoms with Crippen LogP contribution in [0.5, 0.6) is 0 Å². The largest absolute Gasteiger partial charge is 0.293 e. The van der Waals surface area contributed by atoms with Crippen molar-refractivity contribution in [3.05, 3.63) is 66.2 Å². The lowest BCUT2D eigenvalue weighted by molar-refractivity contribution is 0.0994. The molecule has 22 heavy (non-hydrogen) atoms. The van der Waals surface area contributed by atoms with Gasteiger partial charge in [-0.25, -0.2) is 14.4 Å². The number of ketones is 1. The summed E-state index contributed by atoms with van der Waals surface area (Å²) in [4.78, 5) is 20.9. The van der Waals surface area contributed by atoms with Gasteiger partial charge in [-0.2, -0.15) is 0 Å². The molecule has 0 amide bonds. The first-order chi connectivity index (χ1) is 10.6. The molecule has 1 atom stereocenters. The molecule has 0 fully saturated rings. The van der Waals surface area contributed by atoms with Crippen molar-refractivity contribution < 1.29 is 9.18 Å². The number of para-hydroxylation sites is 1. The van der Waals surface area contributed by atoms with E-state index in [1.54, 1.807) is 0 Å². The molecule has 0 aliphatic heterocycles. The maximum atomic E-state index is 12.9. The number of thioether (sulfide) groups is 1. The molecule has 0 aliphatic carbocycles. The third-order valence-corrected chi connectivity index (χ3v) is 4.41. The van der Waals surface area contributed by atoms with Gasteiger partial charge in [-0.3, -0.25) is 4.79 Å². The van der Waals surface area contributed by atoms with Crippen LogP contribution in [0.2, 0.25) is 0 Å². The van der Waals surface area contributed by atoms with Crippen molar-refractivity contribution in [3.8, 4) is 0 Å². The fourth-order valence-electron chi connectivity index (χ4n) is 2.14. The standard InChI is InChI=1S/C17H13FN2OS/c1-11(16(21)12-6-8-13(18)9-7-12)22-17-14-4-2-3-5-15(14)19-10-20-17/h2-11H,1H3/t11-/m0/s1. The number of benzene rings is 2. The van der Waals surface area contributed by atoms with Crippen LogP contribution in [-0.2, 0) is 0 Å². The minimum Gasteiger partial charge on any atom is -0.293 e. The Morgan fingerprint density at radius 3 is 2.59 bits per heavy atom. The number of hydrogen-bond acceptors (Lipinski definition) is 4. The molecule has 2 aromatic carbocycles. The van der Waals surface area contributed by atoms with Crippen LogP contribution in [0.4, 0.5) is 4.39 Å². The van der Waals surface area contributed by atoms with Gasteiger partial charge in [0.25, 0.3) is 0 Å². The van der Waals surface area contributed by atoms with E-state index in [0.717, 1.165) is 15.9 Å². The van der Waals surface area contributed by atoms with E-state index in [-0.39, 0.29) is 16.9 Å². The van der Waals surface area contributed by atoms with E-state index >= 15 is 0 Å². The average molecular weight is 312 g/mol. The van der Waals surface area contributed by atoms with Crippen LogP contribution in [0, 0.1) is 5.82 Å². The van der Waals surface area contributed by atoms with Crippen molar-refractivity contribution in [1.29, 1.82) is 0 Å². The predicted octanol–water partition coefficient (Wildman–Crippen LogP) is 4.13. The van der Waals surface area contributed by atoms with Crippen molar-refractivity contribution in [2.75, 3.05) is 0 Å². The molecule has 0 radical (unpaired) electrons. The number of hydrogen-bond donors (Lipinski definition) is 0. The first-order valence-electron chi connectivity index (χ1n) is 6.81. The zero-order chi connectivity index (χ0) is 15.5. The highest BCUT2D eigenvalue weighted by Crippen LogP contribution is 2.29. The third-order valence-electron chi connectivity index (χ3n) is 3.29. The van der Waals surface area contributed by atoms with Gasteiger partial charge in [0.05, 0.1) is 10.8 Å². The highest BCUT2D eigenvalue weighted by Gasteiger charge is 2.18. The Hall–Kier alpha value is -2.27. The van der Waals surface area contributed by atoms with Crippen LogP contribution < -0.4 is 0 Å². The number of nitrogens with zero attached hydrogens (tertiary/aromatic N) is 2. The van der Waals surface area contributed by atoms with Crippen LogP contribution >= 0.6 is 11.8 Å². The number of carbonyl (C=O) groups is 1. The quantitative estimate of drug-likeness (QED) is 0.413. The molecule has 5 heteroatoms. The second-order valence-electron chi connectivity index (χ2n) is 4.83. The normalized spacial score (nSPS) is 12.3. The summed E-state index contributed by atoms with van der Waals surface area (Å²) in [6.45, 7) is 1.83. The zero-order valence-electron chi connectivity index (χ0n) is 11.9. The van der Waals surface area contributed by atoms with Gasteiger partial charge < -0.3 is 0 Å². The van der Waals surface area contributed by atoms with Gasteiger partial charge in [-0.05, 0) is 37.3 Å². The minimum absolute atomic E-state index is 0.0484. The summed E-state index contributed by atoms with van der Waals surface area (Å²) in [5, 5.41) is 1.38. The molecule has 1 heterocycles. The van der Waals surface area contributed by atoms with E-state index in [0.29, 0.717) is 5.56 Å². The van der Waals surface area contributed by atoms with Crippen molar-refractivity contribution in [2.45, 2.75) is 17.2 Å². The maximum Gasteiger partial charge on any atom is 0.175 e. The molecular weight excluding hydrogens is 299 g/mol. The molecule has 3 rings (SSSR count). The number of rotatable bonds is 4. The molecule has 1 aromatic heterocycles. The molecule has 3 aromatic rings. The molecule has 3 nitrogen and oxygen atoms in total. The van der Waals surface area contributed by atoms with E-state index < -0.39 is 0 Å². The summed E-state index contributed by atoms with van der Waals surface area (Å²) in [7, 11) is 0. The summed E-state index contributed by atoms with van der Waals surface area (Å²) in [6, 6.07) is 13.3. The van der Waals surface area contributed by atoms with Gasteiger partial charge in [-0.15, -0.1) is 0 Å². The van der Waals surface area contributed by atoms with Gasteiger partial charge >= 0.3 is 0 Å². The Morgan fingerprint density at radius 2 is 1.82 bits per heavy atom. The zero-order valence-corrected chi connectivity index (χ0v) is 12.7. The Bertz CT molecular complexity index is 815. The Kier molecular flexibility index (Phi) is 4.15. The fourth-order valence-corrected chi connectivity index (χ4v) is 3.13. The van der Waals surface area contributed by atoms with E-state index in [1.165, 1.54) is 42.4 Å². The van der Waals surface area contributed by atoms with Crippen LogP contribution in [0.1, 0.15) is 17.3 Å². The number of fused-ring (bicyclic) bond motifs is 1. The van der Waals surface area contributed by atoms with Crippen LogP contribution in [0.25, 0.3) is 10.9 Å². The SMILES string of the molecule is C[C@H](Sc1ncnc2ccccc12)C(=O)c1ccc(F)cc1. The Labute approximate surface area is 131 Å². The first kappa shape index (κ1) is 14.7. The predicted molar refractivity (Wildman–Crippen MR) is 85.6 cm³/mol. The summed E-state index contributed by atoms with van der Waals surface area (Å²) < 4.78 is 12.9. The lowest BCUT2D eigenvalue weighted by Crippen LogP contribution is -2.13. The molecule has 0 N–H and O–H groups in total. The smallest absolute Gasteiger partial charge is 0.175 e.